The van der Waals surface area contributed by atoms with E-state index >= 15 is 0 Å². The molecule has 1 atom stereocenters. The summed E-state index contributed by atoms with van der Waals surface area (Å²) >= 11 is 3.50. The van der Waals surface area contributed by atoms with Gasteiger partial charge in [0.1, 0.15) is 0 Å². The van der Waals surface area contributed by atoms with Crippen LogP contribution in [0.5, 0.6) is 0 Å². The molecule has 0 saturated heterocycles. The van der Waals surface area contributed by atoms with Gasteiger partial charge in [0.25, 0.3) is 0 Å². The molecule has 2 aromatic rings. The van der Waals surface area contributed by atoms with E-state index < -0.39 is 0 Å². The van der Waals surface area contributed by atoms with Crippen molar-refractivity contribution in [1.82, 2.24) is 4.57 Å². The lowest BCUT2D eigenvalue weighted by molar-refractivity contribution is 0.139. The number of halogens is 1. The van der Waals surface area contributed by atoms with Gasteiger partial charge in [-0.05, 0) is 43.5 Å². The first-order valence-electron chi connectivity index (χ1n) is 5.65. The number of aromatic nitrogens is 1. The smallest absolute Gasteiger partial charge is 0.0943 e. The quantitative estimate of drug-likeness (QED) is 0.784. The highest BCUT2D eigenvalue weighted by molar-refractivity contribution is 9.10. The fourth-order valence-electron chi connectivity index (χ4n) is 2.76. The molecule has 0 fully saturated rings. The molecule has 1 aromatic carbocycles. The van der Waals surface area contributed by atoms with Crippen molar-refractivity contribution < 1.29 is 5.11 Å². The Labute approximate surface area is 103 Å². The maximum absolute atomic E-state index is 10.1. The highest BCUT2D eigenvalue weighted by Gasteiger charge is 2.23. The summed E-state index contributed by atoms with van der Waals surface area (Å²) in [6.45, 7) is 3.13. The predicted molar refractivity (Wildman–Crippen MR) is 68.6 cm³/mol. The van der Waals surface area contributed by atoms with E-state index in [-0.39, 0.29) is 6.10 Å². The van der Waals surface area contributed by atoms with Gasteiger partial charge >= 0.3 is 0 Å². The zero-order chi connectivity index (χ0) is 11.3. The van der Waals surface area contributed by atoms with E-state index in [1.165, 1.54) is 16.5 Å². The summed E-state index contributed by atoms with van der Waals surface area (Å²) in [6, 6.07) is 6.34. The van der Waals surface area contributed by atoms with Crippen LogP contribution in [0.25, 0.3) is 10.9 Å². The Kier molecular flexibility index (Phi) is 2.33. The molecule has 2 heterocycles. The highest BCUT2D eigenvalue weighted by Crippen LogP contribution is 2.36. The molecule has 0 aliphatic carbocycles. The highest BCUT2D eigenvalue weighted by atomic mass is 79.9. The van der Waals surface area contributed by atoms with Gasteiger partial charge in [0.2, 0.25) is 0 Å². The summed E-state index contributed by atoms with van der Waals surface area (Å²) < 4.78 is 3.37. The van der Waals surface area contributed by atoms with Gasteiger partial charge in [-0.2, -0.15) is 0 Å². The Morgan fingerprint density at radius 2 is 2.25 bits per heavy atom. The third kappa shape index (κ3) is 1.35. The molecule has 3 rings (SSSR count). The maximum Gasteiger partial charge on any atom is 0.0943 e. The molecule has 1 aliphatic rings. The average molecular weight is 280 g/mol. The Morgan fingerprint density at radius 3 is 3.06 bits per heavy atom. The average Bonchev–Trinajstić information content (AvgIpc) is 2.54. The topological polar surface area (TPSA) is 25.2 Å². The fraction of sp³-hybridized carbons (Fsp3) is 0.385. The number of hydrogen-bond acceptors (Lipinski definition) is 1. The molecule has 0 spiro atoms. The number of aryl methyl sites for hydroxylation is 2. The Hall–Kier alpha value is -0.800. The van der Waals surface area contributed by atoms with E-state index in [0.29, 0.717) is 0 Å². The van der Waals surface area contributed by atoms with E-state index in [0.717, 1.165) is 29.6 Å². The van der Waals surface area contributed by atoms with E-state index in [9.17, 15) is 5.11 Å². The Morgan fingerprint density at radius 1 is 1.44 bits per heavy atom. The third-order valence-corrected chi connectivity index (χ3v) is 4.00. The summed E-state index contributed by atoms with van der Waals surface area (Å²) in [5, 5.41) is 11.3. The molecular formula is C13H14BrNO. The van der Waals surface area contributed by atoms with Gasteiger partial charge in [-0.15, -0.1) is 0 Å². The van der Waals surface area contributed by atoms with Gasteiger partial charge in [0.05, 0.1) is 11.8 Å². The molecule has 1 unspecified atom stereocenters. The van der Waals surface area contributed by atoms with E-state index in [4.69, 9.17) is 0 Å². The summed E-state index contributed by atoms with van der Waals surface area (Å²) in [5.74, 6) is 0. The van der Waals surface area contributed by atoms with Crippen molar-refractivity contribution in [2.45, 2.75) is 32.4 Å². The monoisotopic (exact) mass is 279 g/mol. The molecule has 0 amide bonds. The number of benzene rings is 1. The molecule has 3 heteroatoms. The van der Waals surface area contributed by atoms with Crippen molar-refractivity contribution in [2.75, 3.05) is 0 Å². The van der Waals surface area contributed by atoms with Crippen LogP contribution in [-0.4, -0.2) is 9.67 Å². The van der Waals surface area contributed by atoms with Crippen LogP contribution in [-0.2, 0) is 6.54 Å². The van der Waals surface area contributed by atoms with Crippen LogP contribution in [0, 0.1) is 6.92 Å². The van der Waals surface area contributed by atoms with Crippen LogP contribution >= 0.6 is 15.9 Å². The molecule has 16 heavy (non-hydrogen) atoms. The number of aliphatic hydroxyl groups excluding tert-OH is 1. The molecule has 1 N–H and O–H groups in total. The molecule has 2 nitrogen and oxygen atoms in total. The second-order valence-corrected chi connectivity index (χ2v) is 5.40. The number of fused-ring (bicyclic) bond motifs is 3. The van der Waals surface area contributed by atoms with Crippen molar-refractivity contribution in [2.24, 2.45) is 0 Å². The molecule has 1 aromatic heterocycles. The number of rotatable bonds is 0. The lowest BCUT2D eigenvalue weighted by atomic mass is 10.0. The zero-order valence-corrected chi connectivity index (χ0v) is 10.8. The normalized spacial score (nSPS) is 20.1. The van der Waals surface area contributed by atoms with Gasteiger partial charge in [-0.3, -0.25) is 0 Å². The molecular weight excluding hydrogens is 266 g/mol. The van der Waals surface area contributed by atoms with Crippen LogP contribution in [0.15, 0.2) is 22.7 Å². The van der Waals surface area contributed by atoms with E-state index in [1.807, 2.05) is 0 Å². The van der Waals surface area contributed by atoms with Crippen LogP contribution < -0.4 is 0 Å². The van der Waals surface area contributed by atoms with E-state index in [2.05, 4.69) is 45.6 Å². The minimum absolute atomic E-state index is 0.292. The first kappa shape index (κ1) is 10.4. The first-order chi connectivity index (χ1) is 7.68. The van der Waals surface area contributed by atoms with Crippen molar-refractivity contribution in [3.8, 4) is 0 Å². The lowest BCUT2D eigenvalue weighted by Gasteiger charge is -2.22. The fourth-order valence-corrected chi connectivity index (χ4v) is 3.13. The summed E-state index contributed by atoms with van der Waals surface area (Å²) in [7, 11) is 0. The standard InChI is InChI=1S/C13H14BrNO/c1-8-10-7-9(14)4-5-11(10)15-6-2-3-12(16)13(8)15/h4-5,7,12,16H,2-3,6H2,1H3. The molecule has 0 bridgehead atoms. The molecule has 0 saturated carbocycles. The number of hydrogen-bond donors (Lipinski definition) is 1. The maximum atomic E-state index is 10.1. The van der Waals surface area contributed by atoms with Gasteiger partial charge < -0.3 is 9.67 Å². The molecule has 1 aliphatic heterocycles. The predicted octanol–water partition coefficient (Wildman–Crippen LogP) is 3.54. The largest absolute Gasteiger partial charge is 0.387 e. The Balaban J connectivity index is 2.38. The van der Waals surface area contributed by atoms with Crippen LogP contribution in [0.1, 0.15) is 30.2 Å². The van der Waals surface area contributed by atoms with Crippen molar-refractivity contribution >= 4 is 26.8 Å². The van der Waals surface area contributed by atoms with Crippen LogP contribution in [0.2, 0.25) is 0 Å². The minimum atomic E-state index is -0.292. The Bertz CT molecular complexity index is 559. The first-order valence-corrected chi connectivity index (χ1v) is 6.44. The third-order valence-electron chi connectivity index (χ3n) is 3.50. The minimum Gasteiger partial charge on any atom is -0.387 e. The lowest BCUT2D eigenvalue weighted by Crippen LogP contribution is -2.15. The van der Waals surface area contributed by atoms with Gasteiger partial charge in [-0.1, -0.05) is 15.9 Å². The zero-order valence-electron chi connectivity index (χ0n) is 9.20. The number of aliphatic hydroxyl groups is 1. The SMILES string of the molecule is Cc1c2n(c3ccc(Br)cc13)CCCC2O. The summed E-state index contributed by atoms with van der Waals surface area (Å²) in [6.07, 6.45) is 1.66. The number of nitrogens with zero attached hydrogens (tertiary/aromatic N) is 1. The van der Waals surface area contributed by atoms with Crippen LogP contribution in [0.4, 0.5) is 0 Å². The molecule has 84 valence electrons. The van der Waals surface area contributed by atoms with Gasteiger partial charge in [-0.25, -0.2) is 0 Å². The van der Waals surface area contributed by atoms with Crippen molar-refractivity contribution in [1.29, 1.82) is 0 Å². The second-order valence-electron chi connectivity index (χ2n) is 4.48. The summed E-state index contributed by atoms with van der Waals surface area (Å²) in [5.41, 5.74) is 3.58. The second kappa shape index (κ2) is 3.60. The van der Waals surface area contributed by atoms with Crippen molar-refractivity contribution in [3.05, 3.63) is 33.9 Å². The van der Waals surface area contributed by atoms with E-state index in [1.54, 1.807) is 0 Å². The van der Waals surface area contributed by atoms with Gasteiger partial charge in [0.15, 0.2) is 0 Å². The van der Waals surface area contributed by atoms with Crippen LogP contribution in [0.3, 0.4) is 0 Å². The summed E-state index contributed by atoms with van der Waals surface area (Å²) in [4.78, 5) is 0. The molecule has 0 radical (unpaired) electrons. The van der Waals surface area contributed by atoms with Crippen molar-refractivity contribution in [3.63, 3.8) is 0 Å². The van der Waals surface area contributed by atoms with Gasteiger partial charge in [0, 0.05) is 21.9 Å².